The quantitative estimate of drug-likeness (QED) is 0.357. The fourth-order valence-electron chi connectivity index (χ4n) is 6.29. The first-order chi connectivity index (χ1) is 22.8. The van der Waals surface area contributed by atoms with E-state index in [0.717, 1.165) is 51.7 Å². The Morgan fingerprint density at radius 2 is 1.38 bits per heavy atom. The summed E-state index contributed by atoms with van der Waals surface area (Å²) in [6.45, 7) is 17.0. The van der Waals surface area contributed by atoms with Gasteiger partial charge in [0.2, 0.25) is 11.8 Å². The van der Waals surface area contributed by atoms with Crippen LogP contribution in [0.15, 0.2) is 42.5 Å². The molecule has 0 radical (unpaired) electrons. The minimum Gasteiger partial charge on any atom is -0.366 e. The number of nitrogens with one attached hydrogen (secondary N) is 2. The predicted octanol–water partition coefficient (Wildman–Crippen LogP) is 3.49. The van der Waals surface area contributed by atoms with Crippen LogP contribution in [-0.4, -0.2) is 122 Å². The highest BCUT2D eigenvalue weighted by Crippen LogP contribution is 2.19. The number of nitrogens with two attached hydrogens (primary N) is 1. The maximum atomic E-state index is 14.8. The van der Waals surface area contributed by atoms with Crippen LogP contribution in [0.5, 0.6) is 0 Å². The van der Waals surface area contributed by atoms with Gasteiger partial charge in [0.25, 0.3) is 5.91 Å². The highest BCUT2D eigenvalue weighted by Gasteiger charge is 2.29. The Bertz CT molecular complexity index is 1330. The maximum absolute atomic E-state index is 14.8. The second-order valence-electron chi connectivity index (χ2n) is 11.8. The number of carbonyl (C=O) groups excluding carboxylic acids is 3. The van der Waals surface area contributed by atoms with Crippen molar-refractivity contribution in [2.45, 2.75) is 47.0 Å². The molecule has 3 amide bonds. The third kappa shape index (κ3) is 10.7. The molecule has 0 aliphatic carbocycles. The van der Waals surface area contributed by atoms with Crippen molar-refractivity contribution in [1.29, 1.82) is 5.41 Å². The van der Waals surface area contributed by atoms with E-state index < -0.39 is 17.6 Å². The molecule has 0 atom stereocenters. The number of nitrogens with zero attached hydrogens (tertiary/aromatic N) is 4. The number of halogens is 1. The van der Waals surface area contributed by atoms with Gasteiger partial charge in [-0.1, -0.05) is 52.0 Å². The Hall–Kier alpha value is -3.67. The Labute approximate surface area is 280 Å². The van der Waals surface area contributed by atoms with Gasteiger partial charge in [-0.05, 0) is 55.6 Å². The molecule has 258 valence electrons. The first-order valence-corrected chi connectivity index (χ1v) is 17.3. The number of primary amides is 1. The lowest BCUT2D eigenvalue weighted by molar-refractivity contribution is -0.134. The average molecular weight is 652 g/mol. The molecule has 11 heteroatoms. The summed E-state index contributed by atoms with van der Waals surface area (Å²) >= 11 is 0. The van der Waals surface area contributed by atoms with Crippen molar-refractivity contribution in [3.8, 4) is 0 Å². The van der Waals surface area contributed by atoms with Crippen LogP contribution in [0.1, 0.15) is 72.4 Å². The molecule has 4 N–H and O–H groups in total. The zero-order chi connectivity index (χ0) is 34.3. The standard InChI is InChI=1S/C32H42FN7O3.2C2H6/c33-28-6-5-24(20-29(34)25-3-1-2-4-26(25)31(35)42)19-27(28)32(43)40-17-15-39(16-18-40)30(41)22-38-13-11-37(12-14-38)21-23-7-9-36-10-8-23;2*1-2/h1-6,19,23,34,36H,7-18,20-22H2,(H2,35,42);2*1-2H3. The normalized spacial score (nSPS) is 17.6. The summed E-state index contributed by atoms with van der Waals surface area (Å²) in [5.41, 5.74) is 6.78. The van der Waals surface area contributed by atoms with E-state index in [-0.39, 0.29) is 29.2 Å². The topological polar surface area (TPSA) is 126 Å². The summed E-state index contributed by atoms with van der Waals surface area (Å²) in [4.78, 5) is 46.2. The molecule has 10 nitrogen and oxygen atoms in total. The molecule has 47 heavy (non-hydrogen) atoms. The Balaban J connectivity index is 0.00000144. The first-order valence-electron chi connectivity index (χ1n) is 17.3. The number of hydrogen-bond acceptors (Lipinski definition) is 7. The second-order valence-corrected chi connectivity index (χ2v) is 11.8. The fraction of sp³-hybridized carbons (Fsp3) is 0.556. The van der Waals surface area contributed by atoms with E-state index in [9.17, 15) is 18.8 Å². The summed E-state index contributed by atoms with van der Waals surface area (Å²) in [7, 11) is 0. The van der Waals surface area contributed by atoms with Gasteiger partial charge < -0.3 is 31.2 Å². The minimum absolute atomic E-state index is 0.0596. The number of amides is 3. The molecule has 3 saturated heterocycles. The molecule has 3 fully saturated rings. The Morgan fingerprint density at radius 1 is 0.809 bits per heavy atom. The zero-order valence-corrected chi connectivity index (χ0v) is 28.7. The molecule has 2 aromatic carbocycles. The lowest BCUT2D eigenvalue weighted by Gasteiger charge is -2.39. The molecule has 2 aromatic rings. The van der Waals surface area contributed by atoms with Gasteiger partial charge in [0.15, 0.2) is 0 Å². The summed E-state index contributed by atoms with van der Waals surface area (Å²) < 4.78 is 14.8. The van der Waals surface area contributed by atoms with Crippen LogP contribution in [0.2, 0.25) is 0 Å². The lowest BCUT2D eigenvalue weighted by Crippen LogP contribution is -2.55. The predicted molar refractivity (Wildman–Crippen MR) is 186 cm³/mol. The Morgan fingerprint density at radius 3 is 2.00 bits per heavy atom. The summed E-state index contributed by atoms with van der Waals surface area (Å²) in [6, 6.07) is 10.9. The molecular formula is C36H54FN7O3. The van der Waals surface area contributed by atoms with Crippen molar-refractivity contribution >= 4 is 23.4 Å². The van der Waals surface area contributed by atoms with Crippen LogP contribution >= 0.6 is 0 Å². The molecule has 0 spiro atoms. The molecule has 5 rings (SSSR count). The molecule has 0 saturated carbocycles. The van der Waals surface area contributed by atoms with E-state index in [1.807, 2.05) is 27.7 Å². The first kappa shape index (κ1) is 37.8. The van der Waals surface area contributed by atoms with Gasteiger partial charge in [0, 0.05) is 82.2 Å². The molecule has 0 aromatic heterocycles. The van der Waals surface area contributed by atoms with Crippen LogP contribution in [0.25, 0.3) is 0 Å². The average Bonchev–Trinajstić information content (AvgIpc) is 3.12. The summed E-state index contributed by atoms with van der Waals surface area (Å²) in [6.07, 6.45) is 2.59. The minimum atomic E-state index is -0.629. The van der Waals surface area contributed by atoms with Gasteiger partial charge in [0.05, 0.1) is 12.1 Å². The van der Waals surface area contributed by atoms with E-state index in [1.54, 1.807) is 34.1 Å². The summed E-state index contributed by atoms with van der Waals surface area (Å²) in [5.74, 6) is -0.847. The van der Waals surface area contributed by atoms with Crippen molar-refractivity contribution < 1.29 is 18.8 Å². The third-order valence-corrected chi connectivity index (χ3v) is 8.88. The monoisotopic (exact) mass is 651 g/mol. The summed E-state index contributed by atoms with van der Waals surface area (Å²) in [5, 5.41) is 11.9. The molecule has 3 heterocycles. The van der Waals surface area contributed by atoms with Crippen LogP contribution < -0.4 is 11.1 Å². The maximum Gasteiger partial charge on any atom is 0.256 e. The van der Waals surface area contributed by atoms with E-state index >= 15 is 0 Å². The van der Waals surface area contributed by atoms with E-state index in [0.29, 0.717) is 43.9 Å². The number of carbonyl (C=O) groups is 3. The van der Waals surface area contributed by atoms with Crippen molar-refractivity contribution in [3.63, 3.8) is 0 Å². The zero-order valence-electron chi connectivity index (χ0n) is 28.7. The van der Waals surface area contributed by atoms with Crippen molar-refractivity contribution in [2.75, 3.05) is 78.5 Å². The number of hydrogen-bond donors (Lipinski definition) is 3. The second kappa shape index (κ2) is 19.2. The SMILES string of the molecule is CC.CC.N=C(Cc1ccc(F)c(C(=O)N2CCN(C(=O)CN3CCN(CC4CCNCC4)CC3)CC2)c1)c1ccccc1C(N)=O. The lowest BCUT2D eigenvalue weighted by atomic mass is 9.96. The smallest absolute Gasteiger partial charge is 0.256 e. The molecule has 3 aliphatic heterocycles. The molecule has 0 unspecified atom stereocenters. The van der Waals surface area contributed by atoms with Gasteiger partial charge >= 0.3 is 0 Å². The molecule has 0 bridgehead atoms. The van der Waals surface area contributed by atoms with Crippen LogP contribution in [0, 0.1) is 17.1 Å². The number of benzene rings is 2. The van der Waals surface area contributed by atoms with Gasteiger partial charge in [-0.2, -0.15) is 0 Å². The molecule has 3 aliphatic rings. The highest BCUT2D eigenvalue weighted by atomic mass is 19.1. The van der Waals surface area contributed by atoms with Crippen LogP contribution in [0.4, 0.5) is 4.39 Å². The van der Waals surface area contributed by atoms with Gasteiger partial charge in [0.1, 0.15) is 5.82 Å². The number of piperidine rings is 1. The fourth-order valence-corrected chi connectivity index (χ4v) is 6.29. The van der Waals surface area contributed by atoms with Gasteiger partial charge in [-0.25, -0.2) is 4.39 Å². The Kier molecular flexibility index (Phi) is 15.5. The van der Waals surface area contributed by atoms with Gasteiger partial charge in [-0.3, -0.25) is 19.3 Å². The van der Waals surface area contributed by atoms with E-state index in [2.05, 4.69) is 15.1 Å². The van der Waals surface area contributed by atoms with Crippen LogP contribution in [-0.2, 0) is 11.2 Å². The van der Waals surface area contributed by atoms with E-state index in [4.69, 9.17) is 11.1 Å². The highest BCUT2D eigenvalue weighted by molar-refractivity contribution is 6.09. The number of piperazine rings is 2. The number of rotatable bonds is 9. The van der Waals surface area contributed by atoms with E-state index in [1.165, 1.54) is 31.0 Å². The van der Waals surface area contributed by atoms with Crippen molar-refractivity contribution in [2.24, 2.45) is 11.7 Å². The molecular weight excluding hydrogens is 597 g/mol. The van der Waals surface area contributed by atoms with Crippen molar-refractivity contribution in [1.82, 2.24) is 24.9 Å². The van der Waals surface area contributed by atoms with Crippen LogP contribution in [0.3, 0.4) is 0 Å². The van der Waals surface area contributed by atoms with Gasteiger partial charge in [-0.15, -0.1) is 0 Å². The third-order valence-electron chi connectivity index (χ3n) is 8.88. The van der Waals surface area contributed by atoms with Crippen molar-refractivity contribution in [3.05, 3.63) is 70.5 Å². The largest absolute Gasteiger partial charge is 0.366 e.